The fourth-order valence-corrected chi connectivity index (χ4v) is 2.47. The monoisotopic (exact) mass is 291 g/mol. The van der Waals surface area contributed by atoms with Crippen LogP contribution in [0.1, 0.15) is 17.0 Å². The molecule has 0 aliphatic carbocycles. The first-order valence-electron chi connectivity index (χ1n) is 7.27. The van der Waals surface area contributed by atoms with Crippen LogP contribution >= 0.6 is 0 Å². The molecule has 1 unspecified atom stereocenters. The number of rotatable bonds is 1. The molecule has 3 nitrogen and oxygen atoms in total. The molecule has 0 saturated heterocycles. The number of aromatic amines is 1. The Morgan fingerprint density at radius 3 is 2.23 bits per heavy atom. The largest absolute Gasteiger partial charge is 0.426 e. The SMILES string of the molecule is O=C1Oc2ccccc2CC1c1ccccc1.c1cc[nH]c1. The van der Waals surface area contributed by atoms with E-state index >= 15 is 0 Å². The number of esters is 1. The van der Waals surface area contributed by atoms with Gasteiger partial charge >= 0.3 is 5.97 Å². The van der Waals surface area contributed by atoms with Crippen LogP contribution in [0.2, 0.25) is 0 Å². The number of hydrogen-bond donors (Lipinski definition) is 1. The number of aromatic nitrogens is 1. The molecule has 3 aromatic rings. The minimum absolute atomic E-state index is 0.157. The maximum Gasteiger partial charge on any atom is 0.319 e. The van der Waals surface area contributed by atoms with Crippen LogP contribution in [-0.4, -0.2) is 11.0 Å². The van der Waals surface area contributed by atoms with Crippen LogP contribution in [0.4, 0.5) is 0 Å². The van der Waals surface area contributed by atoms with Crippen LogP contribution in [0.25, 0.3) is 0 Å². The maximum absolute atomic E-state index is 11.9. The molecule has 4 rings (SSSR count). The van der Waals surface area contributed by atoms with Crippen molar-refractivity contribution in [1.29, 1.82) is 0 Å². The molecule has 1 N–H and O–H groups in total. The smallest absolute Gasteiger partial charge is 0.319 e. The van der Waals surface area contributed by atoms with Gasteiger partial charge in [-0.15, -0.1) is 0 Å². The second kappa shape index (κ2) is 6.76. The first-order valence-corrected chi connectivity index (χ1v) is 7.27. The molecule has 1 aliphatic rings. The van der Waals surface area contributed by atoms with Gasteiger partial charge in [-0.25, -0.2) is 0 Å². The Balaban J connectivity index is 0.000000246. The third-order valence-electron chi connectivity index (χ3n) is 3.59. The minimum atomic E-state index is -0.175. The summed E-state index contributed by atoms with van der Waals surface area (Å²) < 4.78 is 5.36. The average molecular weight is 291 g/mol. The summed E-state index contributed by atoms with van der Waals surface area (Å²) >= 11 is 0. The lowest BCUT2D eigenvalue weighted by atomic mass is 9.90. The number of carbonyl (C=O) groups excluding carboxylic acids is 1. The molecule has 2 heterocycles. The molecule has 1 atom stereocenters. The molecule has 0 spiro atoms. The third-order valence-corrected chi connectivity index (χ3v) is 3.59. The molecular formula is C19H17NO2. The molecule has 1 aliphatic heterocycles. The molecule has 3 heteroatoms. The fraction of sp³-hybridized carbons (Fsp3) is 0.105. The van der Waals surface area contributed by atoms with Gasteiger partial charge in [0.15, 0.2) is 0 Å². The predicted octanol–water partition coefficient (Wildman–Crippen LogP) is 3.95. The van der Waals surface area contributed by atoms with Gasteiger partial charge in [-0.05, 0) is 35.7 Å². The summed E-state index contributed by atoms with van der Waals surface area (Å²) in [5.74, 6) is 0.366. The van der Waals surface area contributed by atoms with Crippen molar-refractivity contribution in [2.45, 2.75) is 12.3 Å². The quantitative estimate of drug-likeness (QED) is 0.545. The summed E-state index contributed by atoms with van der Waals surface area (Å²) in [6.07, 6.45) is 4.47. The number of carbonyl (C=O) groups is 1. The molecule has 0 saturated carbocycles. The number of para-hydroxylation sites is 1. The zero-order valence-corrected chi connectivity index (χ0v) is 12.1. The Kier molecular flexibility index (Phi) is 4.35. The van der Waals surface area contributed by atoms with E-state index in [2.05, 4.69) is 4.98 Å². The maximum atomic E-state index is 11.9. The summed E-state index contributed by atoms with van der Waals surface area (Å²) in [6.45, 7) is 0. The summed E-state index contributed by atoms with van der Waals surface area (Å²) in [7, 11) is 0. The van der Waals surface area contributed by atoms with Crippen molar-refractivity contribution in [1.82, 2.24) is 4.98 Å². The van der Waals surface area contributed by atoms with E-state index in [1.165, 1.54) is 0 Å². The lowest BCUT2D eigenvalue weighted by Crippen LogP contribution is -2.25. The molecule has 22 heavy (non-hydrogen) atoms. The van der Waals surface area contributed by atoms with E-state index in [0.29, 0.717) is 5.75 Å². The summed E-state index contributed by atoms with van der Waals surface area (Å²) in [4.78, 5) is 14.8. The van der Waals surface area contributed by atoms with Gasteiger partial charge < -0.3 is 9.72 Å². The van der Waals surface area contributed by atoms with Gasteiger partial charge in [0.25, 0.3) is 0 Å². The Morgan fingerprint density at radius 1 is 0.864 bits per heavy atom. The van der Waals surface area contributed by atoms with Crippen molar-refractivity contribution in [3.63, 3.8) is 0 Å². The highest BCUT2D eigenvalue weighted by atomic mass is 16.5. The van der Waals surface area contributed by atoms with Crippen molar-refractivity contribution in [2.75, 3.05) is 0 Å². The average Bonchev–Trinajstić information content (AvgIpc) is 3.15. The van der Waals surface area contributed by atoms with Crippen LogP contribution in [0.3, 0.4) is 0 Å². The van der Waals surface area contributed by atoms with Crippen molar-refractivity contribution >= 4 is 5.97 Å². The molecule has 110 valence electrons. The topological polar surface area (TPSA) is 42.1 Å². The fourth-order valence-electron chi connectivity index (χ4n) is 2.47. The molecule has 0 bridgehead atoms. The highest BCUT2D eigenvalue weighted by Gasteiger charge is 2.29. The molecule has 1 aromatic heterocycles. The Hall–Kier alpha value is -2.81. The van der Waals surface area contributed by atoms with Crippen molar-refractivity contribution < 1.29 is 9.53 Å². The second-order valence-electron chi connectivity index (χ2n) is 5.08. The van der Waals surface area contributed by atoms with E-state index in [1.54, 1.807) is 0 Å². The first-order chi connectivity index (χ1) is 10.8. The number of nitrogens with one attached hydrogen (secondary N) is 1. The number of hydrogen-bond acceptors (Lipinski definition) is 2. The standard InChI is InChI=1S/C15H12O2.C4H5N/c16-15-13(11-6-2-1-3-7-11)10-12-8-4-5-9-14(12)17-15;1-2-4-5-3-1/h1-9,13H,10H2;1-5H. The van der Waals surface area contributed by atoms with Gasteiger partial charge in [0.1, 0.15) is 5.75 Å². The van der Waals surface area contributed by atoms with E-state index in [9.17, 15) is 4.79 Å². The van der Waals surface area contributed by atoms with Gasteiger partial charge in [-0.3, -0.25) is 4.79 Å². The Bertz CT molecular complexity index is 703. The minimum Gasteiger partial charge on any atom is -0.426 e. The van der Waals surface area contributed by atoms with Crippen LogP contribution < -0.4 is 4.74 Å². The van der Waals surface area contributed by atoms with Crippen LogP contribution in [-0.2, 0) is 11.2 Å². The van der Waals surface area contributed by atoms with Gasteiger partial charge in [-0.1, -0.05) is 48.5 Å². The van der Waals surface area contributed by atoms with Crippen molar-refractivity contribution in [3.8, 4) is 5.75 Å². The molecule has 0 radical (unpaired) electrons. The normalized spacial score (nSPS) is 16.0. The van der Waals surface area contributed by atoms with Crippen molar-refractivity contribution in [2.24, 2.45) is 0 Å². The highest BCUT2D eigenvalue weighted by Crippen LogP contribution is 2.32. The number of ether oxygens (including phenoxy) is 1. The van der Waals surface area contributed by atoms with Gasteiger partial charge in [0, 0.05) is 12.4 Å². The van der Waals surface area contributed by atoms with E-state index in [-0.39, 0.29) is 11.9 Å². The van der Waals surface area contributed by atoms with Crippen molar-refractivity contribution in [3.05, 3.63) is 90.3 Å². The van der Waals surface area contributed by atoms with Crippen LogP contribution in [0.5, 0.6) is 5.75 Å². The van der Waals surface area contributed by atoms with Gasteiger partial charge in [0.05, 0.1) is 5.92 Å². The summed E-state index contributed by atoms with van der Waals surface area (Å²) in [5, 5.41) is 0. The number of benzene rings is 2. The van der Waals surface area contributed by atoms with Gasteiger partial charge in [0.2, 0.25) is 0 Å². The summed E-state index contributed by atoms with van der Waals surface area (Å²) in [6, 6.07) is 21.4. The van der Waals surface area contributed by atoms with E-state index in [4.69, 9.17) is 4.74 Å². The molecule has 0 amide bonds. The molecular weight excluding hydrogens is 274 g/mol. The predicted molar refractivity (Wildman–Crippen MR) is 85.8 cm³/mol. The van der Waals surface area contributed by atoms with E-state index < -0.39 is 0 Å². The summed E-state index contributed by atoms with van der Waals surface area (Å²) in [5.41, 5.74) is 2.12. The zero-order chi connectivity index (χ0) is 15.2. The highest BCUT2D eigenvalue weighted by molar-refractivity contribution is 5.83. The Morgan fingerprint density at radius 2 is 1.55 bits per heavy atom. The van der Waals surface area contributed by atoms with Crippen LogP contribution in [0.15, 0.2) is 79.1 Å². The molecule has 0 fully saturated rings. The van der Waals surface area contributed by atoms with Gasteiger partial charge in [-0.2, -0.15) is 0 Å². The van der Waals surface area contributed by atoms with E-state index in [0.717, 1.165) is 17.5 Å². The second-order valence-corrected chi connectivity index (χ2v) is 5.08. The number of H-pyrrole nitrogens is 1. The first kappa shape index (κ1) is 14.1. The number of fused-ring (bicyclic) bond motifs is 1. The lowest BCUT2D eigenvalue weighted by Gasteiger charge is -2.23. The molecule has 2 aromatic carbocycles. The van der Waals surface area contributed by atoms with Crippen LogP contribution in [0, 0.1) is 0 Å². The van der Waals surface area contributed by atoms with E-state index in [1.807, 2.05) is 79.1 Å². The Labute approximate surface area is 129 Å². The zero-order valence-electron chi connectivity index (χ0n) is 12.1. The lowest BCUT2D eigenvalue weighted by molar-refractivity contribution is -0.137. The third kappa shape index (κ3) is 3.26.